The Morgan fingerprint density at radius 1 is 1.39 bits per heavy atom. The van der Waals surface area contributed by atoms with Crippen LogP contribution in [0.15, 0.2) is 28.8 Å². The van der Waals surface area contributed by atoms with Gasteiger partial charge in [0.1, 0.15) is 0 Å². The highest BCUT2D eigenvalue weighted by molar-refractivity contribution is 5.41. The van der Waals surface area contributed by atoms with Gasteiger partial charge in [0.15, 0.2) is 17.3 Å². The molecule has 0 unspecified atom stereocenters. The number of aromatic nitrogens is 1. The Labute approximate surface area is 136 Å². The van der Waals surface area contributed by atoms with Crippen molar-refractivity contribution in [2.24, 2.45) is 0 Å². The number of aromatic hydroxyl groups is 1. The van der Waals surface area contributed by atoms with Gasteiger partial charge in [-0.2, -0.15) is 0 Å². The van der Waals surface area contributed by atoms with Gasteiger partial charge in [-0.25, -0.2) is 0 Å². The average molecular weight is 316 g/mol. The SMILES string of the molecule is COc1ccc(CN2CCC[C@H]2c2cc(C(C)C)no2)cc1O. The number of rotatable bonds is 5. The second kappa shape index (κ2) is 6.62. The molecule has 1 aliphatic heterocycles. The molecule has 0 bridgehead atoms. The molecule has 1 aromatic carbocycles. The van der Waals surface area contributed by atoms with Gasteiger partial charge in [-0.1, -0.05) is 25.1 Å². The molecule has 124 valence electrons. The minimum atomic E-state index is 0.183. The van der Waals surface area contributed by atoms with E-state index in [2.05, 4.69) is 30.0 Å². The first-order chi connectivity index (χ1) is 11.1. The Kier molecular flexibility index (Phi) is 4.57. The molecule has 1 N–H and O–H groups in total. The quantitative estimate of drug-likeness (QED) is 0.908. The maximum absolute atomic E-state index is 9.94. The van der Waals surface area contributed by atoms with E-state index >= 15 is 0 Å². The van der Waals surface area contributed by atoms with Crippen LogP contribution in [0.5, 0.6) is 11.5 Å². The second-order valence-corrected chi connectivity index (χ2v) is 6.44. The highest BCUT2D eigenvalue weighted by Gasteiger charge is 2.29. The molecule has 23 heavy (non-hydrogen) atoms. The molecule has 0 aliphatic carbocycles. The predicted molar refractivity (Wildman–Crippen MR) is 87.6 cm³/mol. The van der Waals surface area contributed by atoms with E-state index in [0.29, 0.717) is 11.7 Å². The molecular weight excluding hydrogens is 292 g/mol. The summed E-state index contributed by atoms with van der Waals surface area (Å²) < 4.78 is 10.7. The molecule has 1 fully saturated rings. The maximum Gasteiger partial charge on any atom is 0.160 e. The van der Waals surface area contributed by atoms with Gasteiger partial charge in [-0.15, -0.1) is 0 Å². The van der Waals surface area contributed by atoms with Gasteiger partial charge in [0.25, 0.3) is 0 Å². The van der Waals surface area contributed by atoms with Crippen molar-refractivity contribution in [1.29, 1.82) is 0 Å². The van der Waals surface area contributed by atoms with Crippen LogP contribution in [0.2, 0.25) is 0 Å². The normalized spacial score (nSPS) is 18.7. The van der Waals surface area contributed by atoms with Crippen molar-refractivity contribution in [3.05, 3.63) is 41.3 Å². The Hall–Kier alpha value is -2.01. The molecule has 5 heteroatoms. The van der Waals surface area contributed by atoms with Crippen LogP contribution in [0.1, 0.15) is 55.7 Å². The van der Waals surface area contributed by atoms with E-state index < -0.39 is 0 Å². The second-order valence-electron chi connectivity index (χ2n) is 6.44. The van der Waals surface area contributed by atoms with Crippen molar-refractivity contribution in [3.63, 3.8) is 0 Å². The number of nitrogens with zero attached hydrogens (tertiary/aromatic N) is 2. The molecule has 0 spiro atoms. The van der Waals surface area contributed by atoms with Crippen molar-refractivity contribution >= 4 is 0 Å². The first-order valence-corrected chi connectivity index (χ1v) is 8.15. The van der Waals surface area contributed by atoms with Crippen LogP contribution in [-0.4, -0.2) is 28.8 Å². The molecule has 0 amide bonds. The van der Waals surface area contributed by atoms with Crippen molar-refractivity contribution < 1.29 is 14.4 Å². The van der Waals surface area contributed by atoms with Crippen LogP contribution in [0.25, 0.3) is 0 Å². The number of phenolic OH excluding ortho intramolecular Hbond substituents is 1. The summed E-state index contributed by atoms with van der Waals surface area (Å²) in [4.78, 5) is 2.38. The number of ether oxygens (including phenoxy) is 1. The van der Waals surface area contributed by atoms with E-state index in [-0.39, 0.29) is 11.8 Å². The molecule has 1 saturated heterocycles. The summed E-state index contributed by atoms with van der Waals surface area (Å²) in [6, 6.07) is 7.92. The Morgan fingerprint density at radius 3 is 2.87 bits per heavy atom. The highest BCUT2D eigenvalue weighted by atomic mass is 16.5. The lowest BCUT2D eigenvalue weighted by molar-refractivity contribution is 0.206. The summed E-state index contributed by atoms with van der Waals surface area (Å²) in [5.74, 6) is 2.01. The predicted octanol–water partition coefficient (Wildman–Crippen LogP) is 3.85. The van der Waals surface area contributed by atoms with Gasteiger partial charge < -0.3 is 14.4 Å². The lowest BCUT2D eigenvalue weighted by atomic mass is 10.1. The van der Waals surface area contributed by atoms with E-state index in [4.69, 9.17) is 9.26 Å². The van der Waals surface area contributed by atoms with Crippen molar-refractivity contribution in [2.75, 3.05) is 13.7 Å². The summed E-state index contributed by atoms with van der Waals surface area (Å²) in [7, 11) is 1.56. The summed E-state index contributed by atoms with van der Waals surface area (Å²) >= 11 is 0. The third-order valence-electron chi connectivity index (χ3n) is 4.46. The lowest BCUT2D eigenvalue weighted by Crippen LogP contribution is -2.22. The number of hydrogen-bond donors (Lipinski definition) is 1. The summed E-state index contributed by atoms with van der Waals surface area (Å²) in [6.45, 7) is 6.04. The number of hydrogen-bond acceptors (Lipinski definition) is 5. The zero-order valence-corrected chi connectivity index (χ0v) is 14.0. The Bertz CT molecular complexity index is 666. The van der Waals surface area contributed by atoms with Crippen molar-refractivity contribution in [2.45, 2.75) is 45.2 Å². The highest BCUT2D eigenvalue weighted by Crippen LogP contribution is 2.35. The van der Waals surface area contributed by atoms with Gasteiger partial charge in [-0.3, -0.25) is 4.90 Å². The number of methoxy groups -OCH3 is 1. The number of benzene rings is 1. The molecule has 0 saturated carbocycles. The van der Waals surface area contributed by atoms with Gasteiger partial charge in [0.2, 0.25) is 0 Å². The van der Waals surface area contributed by atoms with E-state index in [1.54, 1.807) is 19.2 Å². The molecule has 1 atom stereocenters. The molecule has 2 heterocycles. The molecule has 1 aliphatic rings. The smallest absolute Gasteiger partial charge is 0.160 e. The first-order valence-electron chi connectivity index (χ1n) is 8.15. The third-order valence-corrected chi connectivity index (χ3v) is 4.46. The first kappa shape index (κ1) is 15.9. The minimum Gasteiger partial charge on any atom is -0.504 e. The van der Waals surface area contributed by atoms with E-state index in [1.807, 2.05) is 6.07 Å². The molecule has 2 aromatic rings. The van der Waals surface area contributed by atoms with Crippen LogP contribution in [-0.2, 0) is 6.54 Å². The third kappa shape index (κ3) is 3.34. The fourth-order valence-corrected chi connectivity index (χ4v) is 3.14. The summed E-state index contributed by atoms with van der Waals surface area (Å²) in [5.41, 5.74) is 2.08. The lowest BCUT2D eigenvalue weighted by Gasteiger charge is -2.22. The number of phenols is 1. The van der Waals surface area contributed by atoms with E-state index in [0.717, 1.165) is 42.9 Å². The van der Waals surface area contributed by atoms with E-state index in [9.17, 15) is 5.11 Å². The van der Waals surface area contributed by atoms with Crippen LogP contribution in [0.4, 0.5) is 0 Å². The molecular formula is C18H24N2O3. The zero-order valence-electron chi connectivity index (χ0n) is 14.0. The van der Waals surface area contributed by atoms with Gasteiger partial charge in [-0.05, 0) is 43.0 Å². The fourth-order valence-electron chi connectivity index (χ4n) is 3.14. The maximum atomic E-state index is 9.94. The van der Waals surface area contributed by atoms with Crippen LogP contribution in [0.3, 0.4) is 0 Å². The largest absolute Gasteiger partial charge is 0.504 e. The Balaban J connectivity index is 1.75. The topological polar surface area (TPSA) is 58.7 Å². The summed E-state index contributed by atoms with van der Waals surface area (Å²) in [5, 5.41) is 14.1. The molecule has 5 nitrogen and oxygen atoms in total. The zero-order chi connectivity index (χ0) is 16.4. The molecule has 1 aromatic heterocycles. The average Bonchev–Trinajstić information content (AvgIpc) is 3.16. The summed E-state index contributed by atoms with van der Waals surface area (Å²) in [6.07, 6.45) is 2.22. The van der Waals surface area contributed by atoms with Gasteiger partial charge in [0.05, 0.1) is 18.8 Å². The monoisotopic (exact) mass is 316 g/mol. The Morgan fingerprint density at radius 2 is 2.22 bits per heavy atom. The van der Waals surface area contributed by atoms with Crippen LogP contribution >= 0.6 is 0 Å². The minimum absolute atomic E-state index is 0.183. The standard InChI is InChI=1S/C18H24N2O3/c1-12(2)14-10-18(23-19-14)15-5-4-8-20(15)11-13-6-7-17(22-3)16(21)9-13/h6-7,9-10,12,15,21H,4-5,8,11H2,1-3H3/t15-/m0/s1. The molecule has 3 rings (SSSR count). The van der Waals surface area contributed by atoms with Gasteiger partial charge >= 0.3 is 0 Å². The van der Waals surface area contributed by atoms with Crippen molar-refractivity contribution in [1.82, 2.24) is 10.1 Å². The fraction of sp³-hybridized carbons (Fsp3) is 0.500. The van der Waals surface area contributed by atoms with Crippen molar-refractivity contribution in [3.8, 4) is 11.5 Å². The van der Waals surface area contributed by atoms with Crippen LogP contribution < -0.4 is 4.74 Å². The molecule has 0 radical (unpaired) electrons. The van der Waals surface area contributed by atoms with Crippen LogP contribution in [0, 0.1) is 0 Å². The van der Waals surface area contributed by atoms with E-state index in [1.165, 1.54) is 0 Å². The van der Waals surface area contributed by atoms with Gasteiger partial charge in [0, 0.05) is 12.6 Å². The number of likely N-dealkylation sites (tertiary alicyclic amines) is 1.